The maximum absolute atomic E-state index is 12.6. The van der Waals surface area contributed by atoms with Gasteiger partial charge in [-0.1, -0.05) is 30.3 Å². The number of carbonyl (C=O) groups is 1. The molecule has 1 fully saturated rings. The number of carbonyl (C=O) groups excluding carboxylic acids is 1. The molecule has 0 unspecified atom stereocenters. The van der Waals surface area contributed by atoms with Gasteiger partial charge in [0.15, 0.2) is 0 Å². The first kappa shape index (κ1) is 18.3. The predicted molar refractivity (Wildman–Crippen MR) is 99.1 cm³/mol. The molecule has 5 nitrogen and oxygen atoms in total. The molecule has 0 bridgehead atoms. The van der Waals surface area contributed by atoms with Crippen molar-refractivity contribution in [2.45, 2.75) is 32.0 Å². The van der Waals surface area contributed by atoms with Crippen LogP contribution in [-0.2, 0) is 11.3 Å². The summed E-state index contributed by atoms with van der Waals surface area (Å²) in [6.07, 6.45) is -0.723. The highest BCUT2D eigenvalue weighted by atomic mass is 16.5. The summed E-state index contributed by atoms with van der Waals surface area (Å²) < 4.78 is 11.1. The van der Waals surface area contributed by atoms with Crippen molar-refractivity contribution in [1.29, 1.82) is 0 Å². The number of nitrogens with zero attached hydrogens (tertiary/aromatic N) is 1. The fourth-order valence-electron chi connectivity index (χ4n) is 3.60. The first-order valence-electron chi connectivity index (χ1n) is 8.76. The lowest BCUT2D eigenvalue weighted by Gasteiger charge is -2.56. The molecule has 0 aromatic heterocycles. The van der Waals surface area contributed by atoms with Gasteiger partial charge in [-0.25, -0.2) is 0 Å². The van der Waals surface area contributed by atoms with E-state index in [2.05, 4.69) is 0 Å². The van der Waals surface area contributed by atoms with E-state index in [1.807, 2.05) is 61.5 Å². The lowest BCUT2D eigenvalue weighted by molar-refractivity contribution is -0.185. The number of rotatable bonds is 7. The van der Waals surface area contributed by atoms with Gasteiger partial charge in [-0.2, -0.15) is 0 Å². The van der Waals surface area contributed by atoms with Gasteiger partial charge in [0.2, 0.25) is 5.91 Å². The Kier molecular flexibility index (Phi) is 5.18. The summed E-state index contributed by atoms with van der Waals surface area (Å²) in [5, 5.41) is 10.1. The molecule has 26 heavy (non-hydrogen) atoms. The average molecular weight is 355 g/mol. The Hall–Kier alpha value is -2.53. The Morgan fingerprint density at radius 3 is 2.35 bits per heavy atom. The zero-order chi connectivity index (χ0) is 18.7. The molecule has 1 amide bonds. The molecular weight excluding hydrogens is 330 g/mol. The van der Waals surface area contributed by atoms with Crippen molar-refractivity contribution in [2.24, 2.45) is 5.92 Å². The quantitative estimate of drug-likeness (QED) is 0.776. The van der Waals surface area contributed by atoms with Crippen LogP contribution in [0.5, 0.6) is 11.5 Å². The molecular formula is C21H25NO4. The van der Waals surface area contributed by atoms with Gasteiger partial charge >= 0.3 is 0 Å². The Balaban J connectivity index is 1.76. The van der Waals surface area contributed by atoms with E-state index >= 15 is 0 Å². The van der Waals surface area contributed by atoms with Crippen LogP contribution in [0.1, 0.15) is 19.4 Å². The van der Waals surface area contributed by atoms with Crippen LogP contribution in [0.3, 0.4) is 0 Å². The van der Waals surface area contributed by atoms with Gasteiger partial charge in [0.25, 0.3) is 0 Å². The second-order valence-electron chi connectivity index (χ2n) is 6.95. The van der Waals surface area contributed by atoms with E-state index < -0.39 is 17.6 Å². The summed E-state index contributed by atoms with van der Waals surface area (Å²) >= 11 is 0. The van der Waals surface area contributed by atoms with Crippen molar-refractivity contribution >= 4 is 5.91 Å². The Bertz CT molecular complexity index is 744. The second kappa shape index (κ2) is 7.38. The summed E-state index contributed by atoms with van der Waals surface area (Å²) in [5.74, 6) is 1.02. The van der Waals surface area contributed by atoms with E-state index in [0.29, 0.717) is 13.2 Å². The van der Waals surface area contributed by atoms with Crippen molar-refractivity contribution in [1.82, 2.24) is 4.90 Å². The number of hydrogen-bond acceptors (Lipinski definition) is 4. The number of likely N-dealkylation sites (tertiary alicyclic amines) is 1. The molecule has 0 spiro atoms. The number of amides is 1. The molecule has 1 N–H and O–H groups in total. The van der Waals surface area contributed by atoms with Gasteiger partial charge in [0.1, 0.15) is 18.1 Å². The van der Waals surface area contributed by atoms with E-state index in [0.717, 1.165) is 17.1 Å². The highest BCUT2D eigenvalue weighted by Gasteiger charge is 2.59. The first-order valence-corrected chi connectivity index (χ1v) is 8.76. The van der Waals surface area contributed by atoms with Gasteiger partial charge in [-0.15, -0.1) is 0 Å². The molecule has 0 aliphatic carbocycles. The average Bonchev–Trinajstić information content (AvgIpc) is 2.65. The number of benzene rings is 2. The predicted octanol–water partition coefficient (Wildman–Crippen LogP) is 2.87. The van der Waals surface area contributed by atoms with Crippen LogP contribution in [-0.4, -0.2) is 41.3 Å². The number of ether oxygens (including phenoxy) is 2. The molecule has 0 saturated carbocycles. The van der Waals surface area contributed by atoms with Crippen LogP contribution in [0.15, 0.2) is 54.6 Å². The molecule has 5 heteroatoms. The molecule has 1 aliphatic rings. The van der Waals surface area contributed by atoms with Crippen molar-refractivity contribution in [2.75, 3.05) is 13.7 Å². The summed E-state index contributed by atoms with van der Waals surface area (Å²) in [5.41, 5.74) is 0.440. The van der Waals surface area contributed by atoms with Gasteiger partial charge in [-0.05, 0) is 43.7 Å². The zero-order valence-corrected chi connectivity index (χ0v) is 15.4. The minimum absolute atomic E-state index is 0.0463. The summed E-state index contributed by atoms with van der Waals surface area (Å²) in [7, 11) is 1.62. The molecule has 3 atom stereocenters. The van der Waals surface area contributed by atoms with Crippen molar-refractivity contribution in [3.05, 3.63) is 60.2 Å². The van der Waals surface area contributed by atoms with Crippen molar-refractivity contribution in [3.8, 4) is 11.5 Å². The fraction of sp³-hybridized carbons (Fsp3) is 0.381. The molecule has 2 aromatic rings. The molecule has 138 valence electrons. The van der Waals surface area contributed by atoms with Crippen LogP contribution < -0.4 is 9.47 Å². The van der Waals surface area contributed by atoms with E-state index in [4.69, 9.17) is 9.47 Å². The van der Waals surface area contributed by atoms with Crippen LogP contribution >= 0.6 is 0 Å². The Labute approximate surface area is 154 Å². The molecule has 1 heterocycles. The number of aliphatic hydroxyl groups excluding tert-OH is 1. The third kappa shape index (κ3) is 3.40. The van der Waals surface area contributed by atoms with E-state index in [-0.39, 0.29) is 5.91 Å². The SMILES string of the molecule is COc1ccc(CN2C(=O)[C@H]([C@H](C)O)[C@@]2(C)COc2ccccc2)cc1. The monoisotopic (exact) mass is 355 g/mol. The van der Waals surface area contributed by atoms with E-state index in [1.54, 1.807) is 18.9 Å². The number of para-hydroxylation sites is 1. The minimum atomic E-state index is -0.723. The number of aliphatic hydroxyl groups is 1. The van der Waals surface area contributed by atoms with Gasteiger partial charge < -0.3 is 19.5 Å². The van der Waals surface area contributed by atoms with Crippen LogP contribution in [0.2, 0.25) is 0 Å². The summed E-state index contributed by atoms with van der Waals surface area (Å²) in [4.78, 5) is 14.4. The van der Waals surface area contributed by atoms with Crippen LogP contribution in [0.25, 0.3) is 0 Å². The third-order valence-corrected chi connectivity index (χ3v) is 5.08. The van der Waals surface area contributed by atoms with E-state index in [9.17, 15) is 9.90 Å². The summed E-state index contributed by atoms with van der Waals surface area (Å²) in [6.45, 7) is 4.43. The number of β-lactam (4-membered cyclic amide) rings is 1. The summed E-state index contributed by atoms with van der Waals surface area (Å²) in [6, 6.07) is 17.2. The number of hydrogen-bond donors (Lipinski definition) is 1. The molecule has 1 aliphatic heterocycles. The van der Waals surface area contributed by atoms with Gasteiger partial charge in [0, 0.05) is 6.54 Å². The molecule has 3 rings (SSSR count). The van der Waals surface area contributed by atoms with Crippen LogP contribution in [0, 0.1) is 5.92 Å². The standard InChI is InChI=1S/C21H25NO4/c1-15(23)19-20(24)22(13-16-9-11-17(25-3)12-10-16)21(19,2)14-26-18-7-5-4-6-8-18/h4-12,15,19,23H,13-14H2,1-3H3/t15-,19-,21+/m0/s1. The van der Waals surface area contributed by atoms with Crippen molar-refractivity contribution < 1.29 is 19.4 Å². The zero-order valence-electron chi connectivity index (χ0n) is 15.4. The number of methoxy groups -OCH3 is 1. The van der Waals surface area contributed by atoms with E-state index in [1.165, 1.54) is 0 Å². The lowest BCUT2D eigenvalue weighted by atomic mass is 9.71. The largest absolute Gasteiger partial charge is 0.497 e. The van der Waals surface area contributed by atoms with Gasteiger partial charge in [-0.3, -0.25) is 4.79 Å². The molecule has 0 radical (unpaired) electrons. The van der Waals surface area contributed by atoms with Crippen molar-refractivity contribution in [3.63, 3.8) is 0 Å². The molecule has 2 aromatic carbocycles. The lowest BCUT2D eigenvalue weighted by Crippen LogP contribution is -2.73. The first-order chi connectivity index (χ1) is 12.5. The highest BCUT2D eigenvalue weighted by molar-refractivity contribution is 5.88. The fourth-order valence-corrected chi connectivity index (χ4v) is 3.60. The Morgan fingerprint density at radius 2 is 1.77 bits per heavy atom. The Morgan fingerprint density at radius 1 is 1.12 bits per heavy atom. The topological polar surface area (TPSA) is 59.0 Å². The third-order valence-electron chi connectivity index (χ3n) is 5.08. The van der Waals surface area contributed by atoms with Gasteiger partial charge in [0.05, 0.1) is 24.7 Å². The maximum atomic E-state index is 12.6. The second-order valence-corrected chi connectivity index (χ2v) is 6.95. The normalized spacial score (nSPS) is 23.3. The smallest absolute Gasteiger partial charge is 0.231 e. The van der Waals surface area contributed by atoms with Crippen LogP contribution in [0.4, 0.5) is 0 Å². The molecule has 1 saturated heterocycles. The minimum Gasteiger partial charge on any atom is -0.497 e. The highest BCUT2D eigenvalue weighted by Crippen LogP contribution is 2.41. The maximum Gasteiger partial charge on any atom is 0.231 e.